The molecule has 6 nitrogen and oxygen atoms in total. The van der Waals surface area contributed by atoms with Crippen molar-refractivity contribution in [3.05, 3.63) is 41.5 Å². The molecule has 6 heteroatoms. The Bertz CT molecular complexity index is 681. The number of carbonyl (C=O) groups excluding carboxylic acids is 1. The second-order valence-electron chi connectivity index (χ2n) is 4.22. The zero-order valence-electron chi connectivity index (χ0n) is 10.5. The van der Waals surface area contributed by atoms with Gasteiger partial charge in [-0.2, -0.15) is 0 Å². The Morgan fingerprint density at radius 3 is 2.50 bits per heavy atom. The summed E-state index contributed by atoms with van der Waals surface area (Å²) in [5.74, 6) is -1.79. The minimum absolute atomic E-state index is 0.0356. The van der Waals surface area contributed by atoms with Crippen LogP contribution in [0, 0.1) is 0 Å². The molecule has 0 saturated carbocycles. The van der Waals surface area contributed by atoms with Crippen molar-refractivity contribution in [3.63, 3.8) is 0 Å². The highest BCUT2D eigenvalue weighted by Gasteiger charge is 2.13. The lowest BCUT2D eigenvalue weighted by Crippen LogP contribution is -2.26. The van der Waals surface area contributed by atoms with Gasteiger partial charge in [0.05, 0.1) is 17.7 Å². The first-order valence-electron chi connectivity index (χ1n) is 5.92. The summed E-state index contributed by atoms with van der Waals surface area (Å²) in [6.45, 7) is -0.130. The number of aromatic carboxylic acids is 1. The number of rotatable bonds is 4. The van der Waals surface area contributed by atoms with Gasteiger partial charge in [0.15, 0.2) is 0 Å². The first-order valence-corrected chi connectivity index (χ1v) is 5.92. The van der Waals surface area contributed by atoms with Crippen molar-refractivity contribution < 1.29 is 24.9 Å². The lowest BCUT2D eigenvalue weighted by Gasteiger charge is -2.08. The third-order valence-electron chi connectivity index (χ3n) is 2.84. The number of carboxylic acids is 1. The average Bonchev–Trinajstić information content (AvgIpc) is 2.43. The molecule has 0 aliphatic carbocycles. The van der Waals surface area contributed by atoms with Crippen molar-refractivity contribution >= 4 is 22.6 Å². The van der Waals surface area contributed by atoms with Crippen molar-refractivity contribution in [2.45, 2.75) is 0 Å². The standard InChI is InChI=1S/C14H13NO5/c16-4-3-15-13(18)11-6-10-5-9(14(19)20)2-1-8(10)7-12(11)17/h1-2,5-7,16-17H,3-4H2,(H,15,18)(H,19,20). The number of nitrogens with one attached hydrogen (secondary N) is 1. The fourth-order valence-corrected chi connectivity index (χ4v) is 1.87. The van der Waals surface area contributed by atoms with Crippen LogP contribution in [0.2, 0.25) is 0 Å². The maximum atomic E-state index is 11.8. The summed E-state index contributed by atoms with van der Waals surface area (Å²) in [6, 6.07) is 7.24. The first kappa shape index (κ1) is 13.8. The van der Waals surface area contributed by atoms with Gasteiger partial charge < -0.3 is 20.6 Å². The molecule has 0 saturated heterocycles. The highest BCUT2D eigenvalue weighted by atomic mass is 16.4. The highest BCUT2D eigenvalue weighted by molar-refractivity contribution is 6.02. The van der Waals surface area contributed by atoms with Crippen LogP contribution in [0.5, 0.6) is 5.75 Å². The normalized spacial score (nSPS) is 10.4. The molecule has 104 valence electrons. The Hall–Kier alpha value is -2.60. The largest absolute Gasteiger partial charge is 0.507 e. The first-order chi connectivity index (χ1) is 9.52. The summed E-state index contributed by atoms with van der Waals surface area (Å²) in [7, 11) is 0. The molecule has 20 heavy (non-hydrogen) atoms. The van der Waals surface area contributed by atoms with E-state index in [0.29, 0.717) is 10.8 Å². The van der Waals surface area contributed by atoms with E-state index in [-0.39, 0.29) is 30.0 Å². The number of carbonyl (C=O) groups is 2. The molecule has 0 unspecified atom stereocenters. The quantitative estimate of drug-likeness (QED) is 0.665. The van der Waals surface area contributed by atoms with Gasteiger partial charge in [0.1, 0.15) is 5.75 Å². The van der Waals surface area contributed by atoms with E-state index in [1.54, 1.807) is 6.07 Å². The number of hydrogen-bond acceptors (Lipinski definition) is 4. The van der Waals surface area contributed by atoms with E-state index in [1.807, 2.05) is 0 Å². The predicted octanol–water partition coefficient (Wildman–Crippen LogP) is 0.966. The van der Waals surface area contributed by atoms with Crippen LogP contribution in [0.4, 0.5) is 0 Å². The molecule has 0 spiro atoms. The number of carboxylic acid groups (broad SMARTS) is 1. The van der Waals surface area contributed by atoms with Gasteiger partial charge in [-0.15, -0.1) is 0 Å². The number of phenolic OH excluding ortho intramolecular Hbond substituents is 1. The number of amides is 1. The van der Waals surface area contributed by atoms with E-state index in [2.05, 4.69) is 5.32 Å². The number of benzene rings is 2. The summed E-state index contributed by atoms with van der Waals surface area (Å²) < 4.78 is 0. The molecular formula is C14H13NO5. The second-order valence-corrected chi connectivity index (χ2v) is 4.22. The van der Waals surface area contributed by atoms with Gasteiger partial charge in [-0.1, -0.05) is 6.07 Å². The summed E-state index contributed by atoms with van der Waals surface area (Å²) in [5, 5.41) is 31.0. The minimum Gasteiger partial charge on any atom is -0.507 e. The number of hydrogen-bond donors (Lipinski definition) is 4. The van der Waals surface area contributed by atoms with E-state index in [0.717, 1.165) is 0 Å². The topological polar surface area (TPSA) is 107 Å². The van der Waals surface area contributed by atoms with Gasteiger partial charge in [-0.3, -0.25) is 4.79 Å². The lowest BCUT2D eigenvalue weighted by atomic mass is 10.0. The van der Waals surface area contributed by atoms with E-state index < -0.39 is 11.9 Å². The Kier molecular flexibility index (Phi) is 3.86. The van der Waals surface area contributed by atoms with Crippen LogP contribution in [0.1, 0.15) is 20.7 Å². The number of aliphatic hydroxyl groups is 1. The number of aliphatic hydroxyl groups excluding tert-OH is 1. The maximum Gasteiger partial charge on any atom is 0.335 e. The summed E-state index contributed by atoms with van der Waals surface area (Å²) in [4.78, 5) is 22.7. The Labute approximate surface area is 114 Å². The fourth-order valence-electron chi connectivity index (χ4n) is 1.87. The Morgan fingerprint density at radius 2 is 1.85 bits per heavy atom. The van der Waals surface area contributed by atoms with Gasteiger partial charge in [0, 0.05) is 6.54 Å². The average molecular weight is 275 g/mol. The second kappa shape index (κ2) is 5.58. The Morgan fingerprint density at radius 1 is 1.10 bits per heavy atom. The molecule has 2 rings (SSSR count). The summed E-state index contributed by atoms with van der Waals surface area (Å²) in [5.41, 5.74) is 0.137. The van der Waals surface area contributed by atoms with Crippen LogP contribution < -0.4 is 5.32 Å². The molecule has 1 amide bonds. The van der Waals surface area contributed by atoms with Gasteiger partial charge in [0.25, 0.3) is 5.91 Å². The predicted molar refractivity (Wildman–Crippen MR) is 72.0 cm³/mol. The third-order valence-corrected chi connectivity index (χ3v) is 2.84. The highest BCUT2D eigenvalue weighted by Crippen LogP contribution is 2.26. The van der Waals surface area contributed by atoms with Gasteiger partial charge in [-0.25, -0.2) is 4.79 Å². The molecule has 0 aliphatic heterocycles. The number of phenols is 1. The minimum atomic E-state index is -1.06. The van der Waals surface area contributed by atoms with Crippen LogP contribution in [0.25, 0.3) is 10.8 Å². The molecule has 4 N–H and O–H groups in total. The van der Waals surface area contributed by atoms with Crippen molar-refractivity contribution in [2.75, 3.05) is 13.2 Å². The van der Waals surface area contributed by atoms with Crippen molar-refractivity contribution in [2.24, 2.45) is 0 Å². The molecule has 0 bridgehead atoms. The third kappa shape index (κ3) is 2.70. The smallest absolute Gasteiger partial charge is 0.335 e. The molecule has 0 heterocycles. The maximum absolute atomic E-state index is 11.8. The molecule has 0 radical (unpaired) electrons. The van der Waals surface area contributed by atoms with Crippen LogP contribution in [-0.2, 0) is 0 Å². The van der Waals surface area contributed by atoms with Crippen molar-refractivity contribution in [3.8, 4) is 5.75 Å². The zero-order chi connectivity index (χ0) is 14.7. The molecule has 2 aromatic rings. The molecule has 0 aliphatic rings. The van der Waals surface area contributed by atoms with Crippen LogP contribution in [0.3, 0.4) is 0 Å². The van der Waals surface area contributed by atoms with Gasteiger partial charge >= 0.3 is 5.97 Å². The molecule has 0 fully saturated rings. The Balaban J connectivity index is 2.48. The zero-order valence-corrected chi connectivity index (χ0v) is 10.5. The van der Waals surface area contributed by atoms with Crippen LogP contribution >= 0.6 is 0 Å². The van der Waals surface area contributed by atoms with Crippen LogP contribution in [-0.4, -0.2) is 40.3 Å². The number of fused-ring (bicyclic) bond motifs is 1. The van der Waals surface area contributed by atoms with Crippen LogP contribution in [0.15, 0.2) is 30.3 Å². The van der Waals surface area contributed by atoms with E-state index in [4.69, 9.17) is 10.2 Å². The SMILES string of the molecule is O=C(O)c1ccc2cc(O)c(C(=O)NCCO)cc2c1. The van der Waals surface area contributed by atoms with Crippen molar-refractivity contribution in [1.29, 1.82) is 0 Å². The molecule has 0 aromatic heterocycles. The fraction of sp³-hybridized carbons (Fsp3) is 0.143. The summed E-state index contributed by atoms with van der Waals surface area (Å²) >= 11 is 0. The van der Waals surface area contributed by atoms with Gasteiger partial charge in [-0.05, 0) is 35.0 Å². The molecular weight excluding hydrogens is 262 g/mol. The number of aromatic hydroxyl groups is 1. The van der Waals surface area contributed by atoms with E-state index in [9.17, 15) is 14.7 Å². The van der Waals surface area contributed by atoms with Gasteiger partial charge in [0.2, 0.25) is 0 Å². The lowest BCUT2D eigenvalue weighted by molar-refractivity contribution is 0.0696. The molecule has 2 aromatic carbocycles. The van der Waals surface area contributed by atoms with Crippen molar-refractivity contribution in [1.82, 2.24) is 5.32 Å². The summed E-state index contributed by atoms with van der Waals surface area (Å²) in [6.07, 6.45) is 0. The monoisotopic (exact) mass is 275 g/mol. The molecule has 0 atom stereocenters. The van der Waals surface area contributed by atoms with E-state index in [1.165, 1.54) is 24.3 Å². The van der Waals surface area contributed by atoms with E-state index >= 15 is 0 Å².